The van der Waals surface area contributed by atoms with Crippen LogP contribution in [0.25, 0.3) is 0 Å². The van der Waals surface area contributed by atoms with Crippen LogP contribution in [0.2, 0.25) is 0 Å². The molecule has 1 heterocycles. The van der Waals surface area contributed by atoms with Crippen LogP contribution < -0.4 is 15.5 Å². The van der Waals surface area contributed by atoms with Gasteiger partial charge in [0.1, 0.15) is 0 Å². The highest BCUT2D eigenvalue weighted by molar-refractivity contribution is 6.08. The van der Waals surface area contributed by atoms with Gasteiger partial charge in [-0.25, -0.2) is 8.78 Å². The first-order chi connectivity index (χ1) is 13.8. The van der Waals surface area contributed by atoms with E-state index in [0.29, 0.717) is 5.69 Å². The maximum absolute atomic E-state index is 13.3. The van der Waals surface area contributed by atoms with Gasteiger partial charge in [0.05, 0.1) is 11.1 Å². The minimum Gasteiger partial charge on any atom is -0.378 e. The fraction of sp³-hybridized carbons (Fsp3) is 0.0952. The molecule has 29 heavy (non-hydrogen) atoms. The lowest BCUT2D eigenvalue weighted by atomic mass is 10.1. The number of carbonyl (C=O) groups excluding carboxylic acids is 2. The van der Waals surface area contributed by atoms with Crippen molar-refractivity contribution in [1.29, 1.82) is 0 Å². The number of halogens is 2. The van der Waals surface area contributed by atoms with Crippen LogP contribution in [-0.4, -0.2) is 30.9 Å². The summed E-state index contributed by atoms with van der Waals surface area (Å²) in [6.07, 6.45) is 2.61. The monoisotopic (exact) mass is 396 g/mol. The quantitative estimate of drug-likeness (QED) is 0.685. The molecular weight excluding hydrogens is 378 g/mol. The Morgan fingerprint density at radius 2 is 1.34 bits per heavy atom. The predicted molar refractivity (Wildman–Crippen MR) is 107 cm³/mol. The predicted octanol–water partition coefficient (Wildman–Crippen LogP) is 3.93. The van der Waals surface area contributed by atoms with Crippen LogP contribution in [-0.2, 0) is 0 Å². The first-order valence-electron chi connectivity index (χ1n) is 8.63. The molecule has 1 aromatic heterocycles. The topological polar surface area (TPSA) is 74.3 Å². The number of carbonyl (C=O) groups is 2. The molecule has 2 aromatic carbocycles. The minimum absolute atomic E-state index is 0.0877. The summed E-state index contributed by atoms with van der Waals surface area (Å²) in [5, 5.41) is 5.17. The number of hydrogen-bond donors (Lipinski definition) is 2. The molecule has 6 nitrogen and oxygen atoms in total. The van der Waals surface area contributed by atoms with Gasteiger partial charge in [-0.15, -0.1) is 0 Å². The second kappa shape index (κ2) is 8.47. The fourth-order valence-electron chi connectivity index (χ4n) is 2.51. The van der Waals surface area contributed by atoms with Gasteiger partial charge >= 0.3 is 0 Å². The number of amides is 2. The van der Waals surface area contributed by atoms with E-state index in [1.54, 1.807) is 12.1 Å². The highest BCUT2D eigenvalue weighted by Gasteiger charge is 2.13. The Morgan fingerprint density at radius 1 is 0.793 bits per heavy atom. The molecule has 2 amide bonds. The Kier molecular flexibility index (Phi) is 5.82. The van der Waals surface area contributed by atoms with Crippen molar-refractivity contribution >= 4 is 28.9 Å². The van der Waals surface area contributed by atoms with E-state index in [2.05, 4.69) is 15.6 Å². The molecule has 0 aliphatic carbocycles. The van der Waals surface area contributed by atoms with Gasteiger partial charge < -0.3 is 15.5 Å². The zero-order valence-corrected chi connectivity index (χ0v) is 15.7. The van der Waals surface area contributed by atoms with Crippen LogP contribution in [0.5, 0.6) is 0 Å². The molecular formula is C21H18F2N4O2. The van der Waals surface area contributed by atoms with Crippen molar-refractivity contribution in [2.45, 2.75) is 0 Å². The number of anilines is 3. The maximum atomic E-state index is 13.3. The van der Waals surface area contributed by atoms with Gasteiger partial charge in [-0.2, -0.15) is 0 Å². The van der Waals surface area contributed by atoms with Gasteiger partial charge in [0.15, 0.2) is 11.6 Å². The molecule has 0 aliphatic rings. The number of pyridine rings is 1. The SMILES string of the molecule is CN(C)c1ccc(NC(=O)c2cncc(C(=O)Nc3ccc(F)c(F)c3)c2)cc1. The maximum Gasteiger partial charge on any atom is 0.257 e. The van der Waals surface area contributed by atoms with E-state index >= 15 is 0 Å². The van der Waals surface area contributed by atoms with E-state index in [4.69, 9.17) is 0 Å². The number of rotatable bonds is 5. The fourth-order valence-corrected chi connectivity index (χ4v) is 2.51. The van der Waals surface area contributed by atoms with Crippen LogP contribution in [0.4, 0.5) is 25.8 Å². The second-order valence-electron chi connectivity index (χ2n) is 6.44. The molecule has 0 spiro atoms. The summed E-state index contributed by atoms with van der Waals surface area (Å²) < 4.78 is 26.3. The average Bonchev–Trinajstić information content (AvgIpc) is 2.71. The van der Waals surface area contributed by atoms with Gasteiger partial charge in [-0.3, -0.25) is 14.6 Å². The van der Waals surface area contributed by atoms with E-state index in [1.165, 1.54) is 24.5 Å². The molecule has 0 radical (unpaired) electrons. The standard InChI is InChI=1S/C21H18F2N4O2/c1-27(2)17-6-3-15(4-7-17)25-20(28)13-9-14(12-24-11-13)21(29)26-16-5-8-18(22)19(23)10-16/h3-12H,1-2H3,(H,25,28)(H,26,29). The summed E-state index contributed by atoms with van der Waals surface area (Å²) in [6.45, 7) is 0. The molecule has 0 atom stereocenters. The third kappa shape index (κ3) is 4.92. The number of hydrogen-bond acceptors (Lipinski definition) is 4. The van der Waals surface area contributed by atoms with Crippen LogP contribution in [0, 0.1) is 11.6 Å². The van der Waals surface area contributed by atoms with Crippen molar-refractivity contribution in [1.82, 2.24) is 4.98 Å². The van der Waals surface area contributed by atoms with Crippen molar-refractivity contribution in [2.75, 3.05) is 29.6 Å². The van der Waals surface area contributed by atoms with Gasteiger partial charge in [0, 0.05) is 49.6 Å². The molecule has 0 aliphatic heterocycles. The smallest absolute Gasteiger partial charge is 0.257 e. The lowest BCUT2D eigenvalue weighted by molar-refractivity contribution is 0.102. The van der Waals surface area contributed by atoms with Gasteiger partial charge in [0.25, 0.3) is 11.8 Å². The Bertz CT molecular complexity index is 1050. The zero-order chi connectivity index (χ0) is 21.0. The number of aromatic nitrogens is 1. The Balaban J connectivity index is 1.71. The molecule has 2 N–H and O–H groups in total. The molecule has 0 unspecified atom stereocenters. The number of nitrogens with zero attached hydrogens (tertiary/aromatic N) is 2. The lowest BCUT2D eigenvalue weighted by Crippen LogP contribution is -2.16. The van der Waals surface area contributed by atoms with E-state index in [9.17, 15) is 18.4 Å². The van der Waals surface area contributed by atoms with E-state index in [-0.39, 0.29) is 16.8 Å². The highest BCUT2D eigenvalue weighted by Crippen LogP contribution is 2.17. The molecule has 8 heteroatoms. The third-order valence-corrected chi connectivity index (χ3v) is 4.08. The van der Waals surface area contributed by atoms with E-state index < -0.39 is 23.4 Å². The molecule has 148 valence electrons. The van der Waals surface area contributed by atoms with Gasteiger partial charge in [-0.05, 0) is 42.5 Å². The van der Waals surface area contributed by atoms with E-state index in [0.717, 1.165) is 17.8 Å². The van der Waals surface area contributed by atoms with Crippen molar-refractivity contribution in [3.8, 4) is 0 Å². The Morgan fingerprint density at radius 3 is 1.90 bits per heavy atom. The molecule has 0 fully saturated rings. The number of nitrogens with one attached hydrogen (secondary N) is 2. The van der Waals surface area contributed by atoms with Crippen LogP contribution in [0.1, 0.15) is 20.7 Å². The minimum atomic E-state index is -1.07. The summed E-state index contributed by atoms with van der Waals surface area (Å²) in [5.41, 5.74) is 1.95. The number of benzene rings is 2. The van der Waals surface area contributed by atoms with Crippen molar-refractivity contribution < 1.29 is 18.4 Å². The average molecular weight is 396 g/mol. The summed E-state index contributed by atoms with van der Waals surface area (Å²) in [7, 11) is 3.83. The van der Waals surface area contributed by atoms with Crippen molar-refractivity contribution in [3.05, 3.63) is 83.7 Å². The van der Waals surface area contributed by atoms with E-state index in [1.807, 2.05) is 31.1 Å². The third-order valence-electron chi connectivity index (χ3n) is 4.08. The Hall–Kier alpha value is -3.81. The lowest BCUT2D eigenvalue weighted by Gasteiger charge is -2.13. The van der Waals surface area contributed by atoms with Gasteiger partial charge in [0.2, 0.25) is 0 Å². The summed E-state index contributed by atoms with van der Waals surface area (Å²) in [4.78, 5) is 30.7. The largest absolute Gasteiger partial charge is 0.378 e. The molecule has 0 saturated carbocycles. The zero-order valence-electron chi connectivity index (χ0n) is 15.7. The summed E-state index contributed by atoms with van der Waals surface area (Å²) in [5.74, 6) is -3.12. The first-order valence-corrected chi connectivity index (χ1v) is 8.63. The molecule has 3 rings (SSSR count). The normalized spacial score (nSPS) is 10.3. The molecule has 0 saturated heterocycles. The van der Waals surface area contributed by atoms with Crippen molar-refractivity contribution in [3.63, 3.8) is 0 Å². The first kappa shape index (κ1) is 19.9. The van der Waals surface area contributed by atoms with Crippen LogP contribution in [0.15, 0.2) is 60.9 Å². The second-order valence-corrected chi connectivity index (χ2v) is 6.44. The van der Waals surface area contributed by atoms with Gasteiger partial charge in [-0.1, -0.05) is 0 Å². The highest BCUT2D eigenvalue weighted by atomic mass is 19.2. The summed E-state index contributed by atoms with van der Waals surface area (Å²) in [6, 6.07) is 11.6. The summed E-state index contributed by atoms with van der Waals surface area (Å²) >= 11 is 0. The molecule has 3 aromatic rings. The van der Waals surface area contributed by atoms with Crippen LogP contribution in [0.3, 0.4) is 0 Å². The van der Waals surface area contributed by atoms with Crippen LogP contribution >= 0.6 is 0 Å². The molecule has 0 bridgehead atoms. The Labute approximate surface area is 166 Å². The van der Waals surface area contributed by atoms with Crippen molar-refractivity contribution in [2.24, 2.45) is 0 Å².